The molecule has 6 heteroatoms. The smallest absolute Gasteiger partial charge is 0.259 e. The van der Waals surface area contributed by atoms with E-state index in [-0.39, 0.29) is 18.5 Å². The average molecular weight is 298 g/mol. The van der Waals surface area contributed by atoms with Crippen molar-refractivity contribution in [2.24, 2.45) is 5.41 Å². The molecule has 0 spiro atoms. The van der Waals surface area contributed by atoms with E-state index in [1.807, 2.05) is 0 Å². The first-order valence-electron chi connectivity index (χ1n) is 7.05. The quantitative estimate of drug-likeness (QED) is 0.839. The van der Waals surface area contributed by atoms with Gasteiger partial charge in [0.1, 0.15) is 11.2 Å². The van der Waals surface area contributed by atoms with E-state index in [0.29, 0.717) is 18.4 Å². The first-order valence-corrected chi connectivity index (χ1v) is 7.05. The molecule has 0 aliphatic carbocycles. The molecular formula is C15H17F3N2O. The zero-order valence-corrected chi connectivity index (χ0v) is 11.9. The number of hydrogen-bond donors (Lipinski definition) is 0. The molecule has 1 amide bonds. The van der Waals surface area contributed by atoms with Crippen molar-refractivity contribution in [2.45, 2.75) is 51.1 Å². The summed E-state index contributed by atoms with van der Waals surface area (Å²) >= 11 is 0. The molecule has 1 aromatic heterocycles. The largest absolute Gasteiger partial charge is 0.332 e. The molecule has 114 valence electrons. The zero-order chi connectivity index (χ0) is 15.4. The van der Waals surface area contributed by atoms with Gasteiger partial charge in [0.15, 0.2) is 0 Å². The van der Waals surface area contributed by atoms with Crippen molar-refractivity contribution in [3.63, 3.8) is 0 Å². The van der Waals surface area contributed by atoms with Crippen molar-refractivity contribution < 1.29 is 18.0 Å². The Hall–Kier alpha value is -1.59. The summed E-state index contributed by atoms with van der Waals surface area (Å²) in [7, 11) is 0. The van der Waals surface area contributed by atoms with Crippen molar-refractivity contribution in [2.75, 3.05) is 0 Å². The molecule has 2 aliphatic rings. The maximum Gasteiger partial charge on any atom is 0.259 e. The van der Waals surface area contributed by atoms with Crippen molar-refractivity contribution in [1.82, 2.24) is 9.88 Å². The van der Waals surface area contributed by atoms with Crippen LogP contribution in [0.4, 0.5) is 13.2 Å². The number of carbonyl (C=O) groups excluding carboxylic acids is 1. The molecule has 0 radical (unpaired) electrons. The minimum atomic E-state index is -3.07. The van der Waals surface area contributed by atoms with Crippen LogP contribution in [0.15, 0.2) is 18.5 Å². The van der Waals surface area contributed by atoms with E-state index in [1.54, 1.807) is 0 Å². The molecule has 0 aromatic carbocycles. The topological polar surface area (TPSA) is 33.2 Å². The summed E-state index contributed by atoms with van der Waals surface area (Å²) in [6.07, 6.45) is 4.06. The fraction of sp³-hybridized carbons (Fsp3) is 0.600. The SMILES string of the molecule is CC(F)(F)C1(C)C[C@H]2CCC(c3cncc(F)c3)N2C1=O. The molecule has 0 saturated carbocycles. The summed E-state index contributed by atoms with van der Waals surface area (Å²) in [6.45, 7) is 2.13. The second-order valence-corrected chi connectivity index (χ2v) is 6.32. The number of aromatic nitrogens is 1. The summed E-state index contributed by atoms with van der Waals surface area (Å²) in [5.41, 5.74) is -1.09. The second-order valence-electron chi connectivity index (χ2n) is 6.32. The number of rotatable bonds is 2. The third-order valence-electron chi connectivity index (χ3n) is 4.93. The fourth-order valence-corrected chi connectivity index (χ4v) is 3.54. The van der Waals surface area contributed by atoms with Gasteiger partial charge in [-0.3, -0.25) is 9.78 Å². The highest BCUT2D eigenvalue weighted by Crippen LogP contribution is 2.54. The van der Waals surface area contributed by atoms with Crippen molar-refractivity contribution in [3.05, 3.63) is 29.8 Å². The molecule has 21 heavy (non-hydrogen) atoms. The van der Waals surface area contributed by atoms with Crippen LogP contribution in [0.5, 0.6) is 0 Å². The van der Waals surface area contributed by atoms with Crippen LogP contribution in [0.2, 0.25) is 0 Å². The van der Waals surface area contributed by atoms with Gasteiger partial charge in [-0.2, -0.15) is 0 Å². The number of carbonyl (C=O) groups is 1. The third-order valence-corrected chi connectivity index (χ3v) is 4.93. The highest BCUT2D eigenvalue weighted by Gasteiger charge is 2.62. The lowest BCUT2D eigenvalue weighted by atomic mass is 9.80. The lowest BCUT2D eigenvalue weighted by Gasteiger charge is -2.31. The van der Waals surface area contributed by atoms with E-state index in [2.05, 4.69) is 4.98 Å². The van der Waals surface area contributed by atoms with Crippen LogP contribution in [0, 0.1) is 11.2 Å². The molecule has 2 saturated heterocycles. The van der Waals surface area contributed by atoms with Gasteiger partial charge in [-0.05, 0) is 37.8 Å². The number of amides is 1. The molecule has 0 N–H and O–H groups in total. The normalized spacial score (nSPS) is 32.6. The van der Waals surface area contributed by atoms with Gasteiger partial charge in [-0.1, -0.05) is 0 Å². The lowest BCUT2D eigenvalue weighted by Crippen LogP contribution is -2.44. The summed E-state index contributed by atoms with van der Waals surface area (Å²) in [5.74, 6) is -4.09. The molecule has 2 unspecified atom stereocenters. The van der Waals surface area contributed by atoms with Gasteiger partial charge in [0.2, 0.25) is 5.91 Å². The van der Waals surface area contributed by atoms with Crippen LogP contribution < -0.4 is 0 Å². The van der Waals surface area contributed by atoms with Crippen LogP contribution >= 0.6 is 0 Å². The predicted molar refractivity (Wildman–Crippen MR) is 70.1 cm³/mol. The van der Waals surface area contributed by atoms with Gasteiger partial charge >= 0.3 is 0 Å². The van der Waals surface area contributed by atoms with Crippen LogP contribution in [-0.2, 0) is 4.79 Å². The summed E-state index contributed by atoms with van der Waals surface area (Å²) in [5, 5.41) is 0. The fourth-order valence-electron chi connectivity index (χ4n) is 3.54. The van der Waals surface area contributed by atoms with Gasteiger partial charge in [0.25, 0.3) is 5.92 Å². The number of halogens is 3. The van der Waals surface area contributed by atoms with E-state index in [0.717, 1.165) is 13.1 Å². The molecule has 1 aromatic rings. The Labute approximate surface area is 121 Å². The van der Waals surface area contributed by atoms with Crippen LogP contribution in [0.3, 0.4) is 0 Å². The minimum Gasteiger partial charge on any atom is -0.332 e. The van der Waals surface area contributed by atoms with Gasteiger partial charge in [0, 0.05) is 19.2 Å². The number of fused-ring (bicyclic) bond motifs is 1. The van der Waals surface area contributed by atoms with Crippen molar-refractivity contribution in [1.29, 1.82) is 0 Å². The maximum atomic E-state index is 13.8. The Morgan fingerprint density at radius 1 is 1.38 bits per heavy atom. The van der Waals surface area contributed by atoms with Crippen LogP contribution in [0.1, 0.15) is 44.7 Å². The molecule has 0 bridgehead atoms. The predicted octanol–water partition coefficient (Wildman–Crippen LogP) is 3.32. The van der Waals surface area contributed by atoms with Crippen molar-refractivity contribution >= 4 is 5.91 Å². The zero-order valence-electron chi connectivity index (χ0n) is 11.9. The molecule has 3 heterocycles. The summed E-state index contributed by atoms with van der Waals surface area (Å²) in [6, 6.07) is 0.782. The number of nitrogens with zero attached hydrogens (tertiary/aromatic N) is 2. The van der Waals surface area contributed by atoms with Gasteiger partial charge < -0.3 is 4.90 Å². The number of pyridine rings is 1. The average Bonchev–Trinajstić information content (AvgIpc) is 2.89. The highest BCUT2D eigenvalue weighted by molar-refractivity contribution is 5.87. The van der Waals surface area contributed by atoms with E-state index in [1.165, 1.54) is 24.1 Å². The summed E-state index contributed by atoms with van der Waals surface area (Å²) in [4.78, 5) is 17.9. The monoisotopic (exact) mass is 298 g/mol. The van der Waals surface area contributed by atoms with Crippen LogP contribution in [0.25, 0.3) is 0 Å². The van der Waals surface area contributed by atoms with Crippen LogP contribution in [-0.4, -0.2) is 27.8 Å². The van der Waals surface area contributed by atoms with Crippen molar-refractivity contribution in [3.8, 4) is 0 Å². The lowest BCUT2D eigenvalue weighted by molar-refractivity contribution is -0.156. The Morgan fingerprint density at radius 3 is 2.71 bits per heavy atom. The second kappa shape index (κ2) is 4.45. The van der Waals surface area contributed by atoms with Gasteiger partial charge in [-0.25, -0.2) is 13.2 Å². The number of alkyl halides is 2. The van der Waals surface area contributed by atoms with E-state index < -0.39 is 23.1 Å². The summed E-state index contributed by atoms with van der Waals surface area (Å²) < 4.78 is 41.0. The first-order chi connectivity index (χ1) is 9.74. The molecule has 2 aliphatic heterocycles. The van der Waals surface area contributed by atoms with Gasteiger partial charge in [-0.15, -0.1) is 0 Å². The molecule has 3 nitrogen and oxygen atoms in total. The Kier molecular flexibility index (Phi) is 3.04. The minimum absolute atomic E-state index is 0.147. The molecule has 2 fully saturated rings. The van der Waals surface area contributed by atoms with Gasteiger partial charge in [0.05, 0.1) is 12.2 Å². The first kappa shape index (κ1) is 14.4. The molecule has 3 rings (SSSR count). The van der Waals surface area contributed by atoms with E-state index in [4.69, 9.17) is 0 Å². The van der Waals surface area contributed by atoms with E-state index in [9.17, 15) is 18.0 Å². The Balaban J connectivity index is 1.95. The Bertz CT molecular complexity index is 587. The maximum absolute atomic E-state index is 13.8. The molecular weight excluding hydrogens is 281 g/mol. The van der Waals surface area contributed by atoms with E-state index >= 15 is 0 Å². The molecule has 3 atom stereocenters. The highest BCUT2D eigenvalue weighted by atomic mass is 19.3. The number of hydrogen-bond acceptors (Lipinski definition) is 2. The third kappa shape index (κ3) is 2.03. The Morgan fingerprint density at radius 2 is 2.10 bits per heavy atom. The standard InChI is InChI=1S/C15H17F3N2O/c1-14(15(2,17)18)6-11-3-4-12(20(11)13(14)21)9-5-10(16)8-19-7-9/h5,7-8,11-12H,3-4,6H2,1-2H3/t11-,12?,14?/m1/s1.